The van der Waals surface area contributed by atoms with Crippen molar-refractivity contribution >= 4 is 51.0 Å². The third kappa shape index (κ3) is 5.98. The van der Waals surface area contributed by atoms with Gasteiger partial charge in [0.15, 0.2) is 5.69 Å². The van der Waals surface area contributed by atoms with Crippen molar-refractivity contribution in [2.24, 2.45) is 0 Å². The van der Waals surface area contributed by atoms with E-state index in [0.717, 1.165) is 15.6 Å². The number of carbonyl (C=O) groups excluding carboxylic acids is 2. The second-order valence-electron chi connectivity index (χ2n) is 7.84. The predicted molar refractivity (Wildman–Crippen MR) is 145 cm³/mol. The molecule has 3 aromatic carbocycles. The van der Waals surface area contributed by atoms with Crippen molar-refractivity contribution in [1.29, 1.82) is 0 Å². The largest absolute Gasteiger partial charge is 0.466 e. The Morgan fingerprint density at radius 2 is 1.69 bits per heavy atom. The Morgan fingerprint density at radius 1 is 1.00 bits per heavy atom. The number of rotatable bonds is 8. The first-order valence-electron chi connectivity index (χ1n) is 11.2. The minimum atomic E-state index is -0.464. The maximum Gasteiger partial charge on any atom is 0.310 e. The first-order chi connectivity index (χ1) is 17.4. The average Bonchev–Trinajstić information content (AvgIpc) is 3.23. The third-order valence-electron chi connectivity index (χ3n) is 5.39. The van der Waals surface area contributed by atoms with Gasteiger partial charge >= 0.3 is 5.97 Å². The number of nitrogens with zero attached hydrogens (tertiary/aromatic N) is 2. The number of esters is 1. The summed E-state index contributed by atoms with van der Waals surface area (Å²) in [6, 6.07) is 21.9. The van der Waals surface area contributed by atoms with Crippen LogP contribution in [0, 0.1) is 0 Å². The second-order valence-corrected chi connectivity index (χ2v) is 9.60. The number of aromatic nitrogens is 2. The van der Waals surface area contributed by atoms with E-state index in [1.54, 1.807) is 35.9 Å². The minimum Gasteiger partial charge on any atom is -0.466 e. The molecule has 0 aliphatic carbocycles. The van der Waals surface area contributed by atoms with E-state index in [9.17, 15) is 9.59 Å². The Morgan fingerprint density at radius 3 is 2.36 bits per heavy atom. The van der Waals surface area contributed by atoms with Gasteiger partial charge in [0.25, 0.3) is 5.91 Å². The Labute approximate surface area is 227 Å². The average molecular weight is 587 g/mol. The van der Waals surface area contributed by atoms with Crippen molar-refractivity contribution in [3.63, 3.8) is 0 Å². The van der Waals surface area contributed by atoms with Crippen LogP contribution < -0.4 is 5.32 Å². The van der Waals surface area contributed by atoms with Gasteiger partial charge in [-0.1, -0.05) is 75.5 Å². The summed E-state index contributed by atoms with van der Waals surface area (Å²) in [4.78, 5) is 26.0. The first-order valence-corrected chi connectivity index (χ1v) is 12.7. The number of hydrogen-bond donors (Lipinski definition) is 1. The van der Waals surface area contributed by atoms with Crippen LogP contribution >= 0.6 is 39.1 Å². The van der Waals surface area contributed by atoms with Crippen LogP contribution in [0.5, 0.6) is 0 Å². The molecule has 1 amide bonds. The molecule has 9 heteroatoms. The van der Waals surface area contributed by atoms with Gasteiger partial charge in [-0.15, -0.1) is 0 Å². The summed E-state index contributed by atoms with van der Waals surface area (Å²) in [7, 11) is 0. The summed E-state index contributed by atoms with van der Waals surface area (Å²) in [6.07, 6.45) is -0.142. The smallest absolute Gasteiger partial charge is 0.310 e. The van der Waals surface area contributed by atoms with Gasteiger partial charge in [-0.3, -0.25) is 9.59 Å². The fourth-order valence-electron chi connectivity index (χ4n) is 3.73. The van der Waals surface area contributed by atoms with Gasteiger partial charge < -0.3 is 10.1 Å². The molecule has 0 saturated carbocycles. The predicted octanol–water partition coefficient (Wildman–Crippen LogP) is 6.64. The maximum absolute atomic E-state index is 13.4. The molecule has 0 bridgehead atoms. The van der Waals surface area contributed by atoms with Crippen molar-refractivity contribution in [2.45, 2.75) is 19.9 Å². The van der Waals surface area contributed by atoms with E-state index in [1.807, 2.05) is 48.5 Å². The molecular weight excluding hydrogens is 565 g/mol. The summed E-state index contributed by atoms with van der Waals surface area (Å²) in [6.45, 7) is 2.25. The molecule has 36 heavy (non-hydrogen) atoms. The minimum absolute atomic E-state index is 0.116. The number of benzene rings is 3. The molecule has 0 unspecified atom stereocenters. The molecule has 0 aliphatic heterocycles. The highest BCUT2D eigenvalue weighted by molar-refractivity contribution is 9.10. The zero-order valence-corrected chi connectivity index (χ0v) is 22.4. The lowest BCUT2D eigenvalue weighted by atomic mass is 10.0. The van der Waals surface area contributed by atoms with Gasteiger partial charge in [0.2, 0.25) is 0 Å². The molecule has 1 heterocycles. The van der Waals surface area contributed by atoms with Crippen LogP contribution in [0.1, 0.15) is 28.5 Å². The Balaban J connectivity index is 1.84. The van der Waals surface area contributed by atoms with Gasteiger partial charge in [-0.05, 0) is 48.9 Å². The molecule has 0 saturated heterocycles. The highest BCUT2D eigenvalue weighted by Gasteiger charge is 2.27. The van der Waals surface area contributed by atoms with E-state index < -0.39 is 11.9 Å². The van der Waals surface area contributed by atoms with Crippen molar-refractivity contribution in [3.05, 3.63) is 104 Å². The van der Waals surface area contributed by atoms with Crippen molar-refractivity contribution in [1.82, 2.24) is 15.1 Å². The number of halogens is 3. The summed E-state index contributed by atoms with van der Waals surface area (Å²) < 4.78 is 7.75. The van der Waals surface area contributed by atoms with Crippen LogP contribution in [0.15, 0.2) is 77.3 Å². The highest BCUT2D eigenvalue weighted by Crippen LogP contribution is 2.33. The molecule has 0 fully saturated rings. The maximum atomic E-state index is 13.4. The van der Waals surface area contributed by atoms with Crippen LogP contribution in [-0.2, 0) is 22.5 Å². The standard InChI is InChI=1S/C27H22BrCl2N3O3/c1-2-36-24(34)15-21-25(27(35)31-16-17-7-11-19(28)12-8-17)32-33(23-6-4-3-5-22(23)30)26(21)18-9-13-20(29)14-10-18/h3-14H,2,15-16H2,1H3,(H,31,35). The van der Waals surface area contributed by atoms with Crippen LogP contribution in [0.25, 0.3) is 16.9 Å². The van der Waals surface area contributed by atoms with E-state index in [1.165, 1.54) is 0 Å². The molecule has 184 valence electrons. The second kappa shape index (κ2) is 11.7. The highest BCUT2D eigenvalue weighted by atomic mass is 79.9. The van der Waals surface area contributed by atoms with E-state index in [0.29, 0.717) is 33.5 Å². The fourth-order valence-corrected chi connectivity index (χ4v) is 4.33. The van der Waals surface area contributed by atoms with Crippen LogP contribution in [0.2, 0.25) is 10.0 Å². The lowest BCUT2D eigenvalue weighted by Crippen LogP contribution is -2.25. The molecule has 0 atom stereocenters. The third-order valence-corrected chi connectivity index (χ3v) is 6.49. The van der Waals surface area contributed by atoms with E-state index >= 15 is 0 Å². The number of hydrogen-bond acceptors (Lipinski definition) is 4. The molecule has 1 aromatic heterocycles. The molecule has 0 radical (unpaired) electrons. The molecule has 0 aliphatic rings. The Hall–Kier alpha value is -3.13. The normalized spacial score (nSPS) is 10.8. The quantitative estimate of drug-likeness (QED) is 0.235. The number of carbonyl (C=O) groups is 2. The number of para-hydroxylation sites is 1. The van der Waals surface area contributed by atoms with Crippen LogP contribution in [-0.4, -0.2) is 28.3 Å². The van der Waals surface area contributed by atoms with E-state index in [2.05, 4.69) is 26.3 Å². The topological polar surface area (TPSA) is 73.2 Å². The van der Waals surface area contributed by atoms with Gasteiger partial charge in [0.1, 0.15) is 0 Å². The summed E-state index contributed by atoms with van der Waals surface area (Å²) in [5, 5.41) is 8.56. The zero-order chi connectivity index (χ0) is 25.7. The monoisotopic (exact) mass is 585 g/mol. The van der Waals surface area contributed by atoms with E-state index in [4.69, 9.17) is 27.9 Å². The molecule has 1 N–H and O–H groups in total. The lowest BCUT2D eigenvalue weighted by molar-refractivity contribution is -0.142. The van der Waals surface area contributed by atoms with E-state index in [-0.39, 0.29) is 18.7 Å². The number of ether oxygens (including phenoxy) is 1. The summed E-state index contributed by atoms with van der Waals surface area (Å²) in [5.41, 5.74) is 3.32. The fraction of sp³-hybridized carbons (Fsp3) is 0.148. The molecule has 4 rings (SSSR count). The summed E-state index contributed by atoms with van der Waals surface area (Å²) in [5.74, 6) is -0.883. The molecule has 0 spiro atoms. The van der Waals surface area contributed by atoms with Gasteiger partial charge in [-0.25, -0.2) is 4.68 Å². The number of amides is 1. The van der Waals surface area contributed by atoms with Gasteiger partial charge in [0, 0.05) is 27.2 Å². The molecular formula is C27H22BrCl2N3O3. The van der Waals surface area contributed by atoms with Gasteiger partial charge in [0.05, 0.1) is 29.4 Å². The SMILES string of the molecule is CCOC(=O)Cc1c(C(=O)NCc2ccc(Br)cc2)nn(-c2ccccc2Cl)c1-c1ccc(Cl)cc1. The molecule has 4 aromatic rings. The van der Waals surface area contributed by atoms with Crippen LogP contribution in [0.3, 0.4) is 0 Å². The zero-order valence-electron chi connectivity index (χ0n) is 19.3. The summed E-state index contributed by atoms with van der Waals surface area (Å²) >= 11 is 16.1. The number of nitrogens with one attached hydrogen (secondary N) is 1. The molecule has 6 nitrogen and oxygen atoms in total. The Bertz CT molecular complexity index is 1390. The van der Waals surface area contributed by atoms with Crippen molar-refractivity contribution in [2.75, 3.05) is 6.61 Å². The lowest BCUT2D eigenvalue weighted by Gasteiger charge is -2.11. The first kappa shape index (κ1) is 25.9. The van der Waals surface area contributed by atoms with Crippen LogP contribution in [0.4, 0.5) is 0 Å². The van der Waals surface area contributed by atoms with Crippen molar-refractivity contribution < 1.29 is 14.3 Å². The van der Waals surface area contributed by atoms with Gasteiger partial charge in [-0.2, -0.15) is 5.10 Å². The Kier molecular flexibility index (Phi) is 8.46. The van der Waals surface area contributed by atoms with Crippen molar-refractivity contribution in [3.8, 4) is 16.9 Å².